The molecular weight excluding hydrogens is 1980 g/mol. The molecule has 1 aromatic heterocycles. The number of fused-ring (bicyclic) bond motifs is 6. The molecule has 7 fully saturated rings. The zero-order chi connectivity index (χ0) is 108. The van der Waals surface area contributed by atoms with E-state index in [0.29, 0.717) is 58.8 Å². The van der Waals surface area contributed by atoms with Crippen molar-refractivity contribution in [2.45, 2.75) is 195 Å². The minimum Gasteiger partial charge on any atom is -0.491 e. The molecule has 40 nitrogen and oxygen atoms in total. The molecule has 43 heteroatoms. The Morgan fingerprint density at radius 1 is 0.611 bits per heavy atom. The van der Waals surface area contributed by atoms with Gasteiger partial charge in [0, 0.05) is 151 Å². The minimum atomic E-state index is -1.88. The van der Waals surface area contributed by atoms with Crippen LogP contribution < -0.4 is 47.4 Å². The maximum Gasteiger partial charge on any atom is 0.329 e. The first-order chi connectivity index (χ1) is 70.7. The molecule has 12 atom stereocenters. The number of piperazine rings is 2. The summed E-state index contributed by atoms with van der Waals surface area (Å²) in [6.45, 7) is 28.2. The number of nitrogens with two attached hydrogens (primary N) is 1. The van der Waals surface area contributed by atoms with Crippen molar-refractivity contribution in [3.8, 4) is 17.2 Å². The molecule has 0 saturated carbocycles. The van der Waals surface area contributed by atoms with Crippen LogP contribution in [0, 0.1) is 37.5 Å². The van der Waals surface area contributed by atoms with Crippen molar-refractivity contribution in [1.29, 1.82) is 0 Å². The van der Waals surface area contributed by atoms with Crippen molar-refractivity contribution in [3.05, 3.63) is 174 Å². The number of aromatic nitrogens is 3. The number of carbonyl (C=O) groups is 13. The molecule has 798 valence electrons. The second kappa shape index (κ2) is 47.5. The highest BCUT2D eigenvalue weighted by Gasteiger charge is 2.50. The van der Waals surface area contributed by atoms with Crippen molar-refractivity contribution in [2.75, 3.05) is 143 Å². The van der Waals surface area contributed by atoms with Gasteiger partial charge < -0.3 is 114 Å². The lowest BCUT2D eigenvalue weighted by atomic mass is 9.98. The molecule has 7 N–H and O–H groups in total. The number of benzene rings is 6. The summed E-state index contributed by atoms with van der Waals surface area (Å²) < 4.78 is 38.9. The van der Waals surface area contributed by atoms with Crippen LogP contribution in [0.5, 0.6) is 5.75 Å². The van der Waals surface area contributed by atoms with Gasteiger partial charge in [-0.3, -0.25) is 57.5 Å². The molecule has 11 amide bonds. The molecule has 5 aromatic carbocycles. The number of nitrogen functional groups attached to an aromatic ring is 1. The third-order valence-electron chi connectivity index (χ3n) is 28.5. The van der Waals surface area contributed by atoms with Crippen molar-refractivity contribution < 1.29 is 90.4 Å². The summed E-state index contributed by atoms with van der Waals surface area (Å²) in [7, 11) is 7.75. The average molecular weight is 2110 g/mol. The number of esters is 2. The van der Waals surface area contributed by atoms with Crippen LogP contribution in [-0.2, 0) is 84.0 Å². The predicted octanol–water partition coefficient (Wildman–Crippen LogP) is 8.65. The smallest absolute Gasteiger partial charge is 0.329 e. The molecule has 0 radical (unpaired) electrons. The molecule has 0 bridgehead atoms. The lowest BCUT2D eigenvalue weighted by Gasteiger charge is -2.36. The number of ether oxygens (including phenoxy) is 5. The number of anilines is 4. The number of carbonyl (C=O) groups excluding carboxylic acids is 13. The van der Waals surface area contributed by atoms with Crippen LogP contribution in [0.1, 0.15) is 145 Å². The van der Waals surface area contributed by atoms with Crippen LogP contribution in [0.25, 0.3) is 22.6 Å². The Bertz CT molecular complexity index is 6430. The van der Waals surface area contributed by atoms with Gasteiger partial charge >= 0.3 is 11.9 Å². The Kier molecular flexibility index (Phi) is 35.4. The fourth-order valence-corrected chi connectivity index (χ4v) is 20.7. The zero-order valence-corrected chi connectivity index (χ0v) is 89.5. The Hall–Kier alpha value is -13.5. The molecule has 149 heavy (non-hydrogen) atoms. The molecule has 10 heterocycles. The molecule has 6 aromatic rings. The summed E-state index contributed by atoms with van der Waals surface area (Å²) in [6.07, 6.45) is 3.33. The van der Waals surface area contributed by atoms with Crippen molar-refractivity contribution in [3.63, 3.8) is 0 Å². The lowest BCUT2D eigenvalue weighted by Crippen LogP contribution is -2.61. The van der Waals surface area contributed by atoms with E-state index in [1.54, 1.807) is 93.9 Å². The van der Waals surface area contributed by atoms with Crippen LogP contribution in [-0.4, -0.2) is 335 Å². The monoisotopic (exact) mass is 2110 g/mol. The molecule has 10 aliphatic rings. The predicted molar refractivity (Wildman–Crippen MR) is 560 cm³/mol. The second-order valence-corrected chi connectivity index (χ2v) is 41.8. The van der Waals surface area contributed by atoms with E-state index in [4.69, 9.17) is 78.6 Å². The van der Waals surface area contributed by atoms with E-state index in [-0.39, 0.29) is 65.9 Å². The number of aryl methyl sites for hydroxylation is 1. The molecular formula is C106H133Cl3N20O20. The number of hydrogen-bond acceptors (Lipinski definition) is 28. The summed E-state index contributed by atoms with van der Waals surface area (Å²) in [5.41, 5.74) is 9.50. The number of rotatable bonds is 15. The summed E-state index contributed by atoms with van der Waals surface area (Å²) in [5.74, 6) is -11.5. The number of aliphatic imine (C=N–C) groups is 1. The fraction of sp³-hybridized carbons (Fsp3) is 0.500. The molecule has 0 unspecified atom stereocenters. The number of nitrogens with one attached hydrogen (secondary N) is 5. The maximum atomic E-state index is 15.2. The second-order valence-electron chi connectivity index (χ2n) is 40.6. The average Bonchev–Trinajstić information content (AvgIpc) is 1.52. The van der Waals surface area contributed by atoms with Crippen molar-refractivity contribution in [1.82, 2.24) is 79.9 Å². The lowest BCUT2D eigenvalue weighted by molar-refractivity contribution is -0.189. The minimum absolute atomic E-state index is 0.0763. The summed E-state index contributed by atoms with van der Waals surface area (Å²) in [5, 5.41) is 15.9. The van der Waals surface area contributed by atoms with E-state index >= 15 is 9.59 Å². The van der Waals surface area contributed by atoms with Gasteiger partial charge in [-0.05, 0) is 162 Å². The molecule has 0 spiro atoms. The topological polar surface area (TPSA) is 460 Å². The molecule has 1 aliphatic carbocycles. The third kappa shape index (κ3) is 24.8. The number of likely N-dealkylation sites (N-methyl/N-ethyl adjacent to an activating group) is 5. The Balaban J connectivity index is 0.000000236. The van der Waals surface area contributed by atoms with Crippen LogP contribution in [0.3, 0.4) is 0 Å². The summed E-state index contributed by atoms with van der Waals surface area (Å²) in [6, 6.07) is 19.5. The zero-order valence-electron chi connectivity index (χ0n) is 87.2. The van der Waals surface area contributed by atoms with Gasteiger partial charge in [0.25, 0.3) is 11.8 Å². The summed E-state index contributed by atoms with van der Waals surface area (Å²) >= 11 is 18.8. The summed E-state index contributed by atoms with van der Waals surface area (Å²) in [4.78, 5) is 229. The van der Waals surface area contributed by atoms with Crippen LogP contribution in [0.15, 0.2) is 130 Å². The highest BCUT2D eigenvalue weighted by Crippen LogP contribution is 2.43. The van der Waals surface area contributed by atoms with Crippen LogP contribution in [0.4, 0.5) is 28.4 Å². The van der Waals surface area contributed by atoms with Gasteiger partial charge in [-0.1, -0.05) is 114 Å². The van der Waals surface area contributed by atoms with E-state index < -0.39 is 196 Å². The van der Waals surface area contributed by atoms with E-state index in [9.17, 15) is 57.5 Å². The first-order valence-electron chi connectivity index (χ1n) is 50.3. The number of amides is 11. The number of imidazole rings is 1. The van der Waals surface area contributed by atoms with E-state index in [1.807, 2.05) is 70.3 Å². The number of cyclic esters (lactones) is 2. The van der Waals surface area contributed by atoms with Gasteiger partial charge in [-0.2, -0.15) is 0 Å². The normalized spacial score (nSPS) is 23.9. The largest absolute Gasteiger partial charge is 0.491 e. The van der Waals surface area contributed by atoms with Crippen molar-refractivity contribution in [2.24, 2.45) is 28.7 Å². The molecule has 7 saturated heterocycles. The fourth-order valence-electron chi connectivity index (χ4n) is 19.9. The maximum absolute atomic E-state index is 15.2. The van der Waals surface area contributed by atoms with Crippen molar-refractivity contribution >= 4 is 157 Å². The highest BCUT2D eigenvalue weighted by atomic mass is 35.5. The van der Waals surface area contributed by atoms with Gasteiger partial charge in [-0.15, -0.1) is 0 Å². The first kappa shape index (κ1) is 111. The third-order valence-corrected chi connectivity index (χ3v) is 29.2. The number of nitrogens with zero attached hydrogens (tertiary/aromatic N) is 14. The quantitative estimate of drug-likeness (QED) is 0.0317. The number of hydrogen-bond donors (Lipinski definition) is 6. The van der Waals surface area contributed by atoms with Gasteiger partial charge in [0.05, 0.1) is 65.8 Å². The molecule has 9 aliphatic heterocycles. The van der Waals surface area contributed by atoms with Crippen LogP contribution >= 0.6 is 34.8 Å². The van der Waals surface area contributed by atoms with Gasteiger partial charge in [-0.25, -0.2) is 24.5 Å². The van der Waals surface area contributed by atoms with Gasteiger partial charge in [0.2, 0.25) is 64.4 Å². The SMILES string of the molecule is CC(=O)N1CCN(c2ccc(OC[C@H]3CO[C@](Cn4ccnc4)(c4ccc(Cl)cc4Cl)O3)cc2)CC1.CN1CCN(C2=Nc3cc(Cl)ccc3Nc3ccccc32)CC1.Cc1c2oc3c(C)ccc(C(=O)N[C@@H]4C(=O)N[C@H](C(C)C)C(=O)N5CCC[C@H]5C(=O)N(C)CC(=O)N(C)[C@@H](C(C)C)C(=O)O[C@@H]4C)c3nc-2c(C(=O)N[C@@H]2C(=O)N[C@H](C(C)C)C(=O)N3CCC[C@H]3C(=O)N(C)CC(=O)N(C)[C@@H](C(C)C)C(=O)O[C@@H]2C)c(N)c1=O. The Labute approximate surface area is 880 Å². The number of para-hydroxylation sites is 1. The number of amidine groups is 1. The Morgan fingerprint density at radius 3 is 1.69 bits per heavy atom. The Morgan fingerprint density at radius 2 is 1.15 bits per heavy atom. The molecule has 16 rings (SSSR count). The van der Waals surface area contributed by atoms with E-state index in [2.05, 4.69) is 71.5 Å². The number of halogens is 3. The first-order valence-corrected chi connectivity index (χ1v) is 51.4. The highest BCUT2D eigenvalue weighted by molar-refractivity contribution is 6.35. The standard InChI is InChI=1S/C62H86N12O16.C26H28Cl2N4O4.C18H19ClN4/c1-27(2)42-59(84)73-23-17-19-36(73)57(82)69(13)25-38(75)71(15)48(29(5)6)61(86)88-33(11)44(55(80)65-42)67-53(78)35-22-21-31(9)51-46(35)64-47-40(41(63)50(77)32(10)52(47)90-51)54(79)68-45-34(12)89-62(87)49(30(7)8)72(16)39(76)26-70(14)58(83)37-20-18-24-74(37)60(85)43(28(3)4)66-56(45)81;1-19(33)31-10-12-32(13-11-31)21-3-5-22(6-4-21)34-15-23-16-35-26(36-23,17-30-9-8-29-18-30)24-7-2-20(27)14-25(24)28;1-22-8-10-23(11-9-22)18-14-4-2-3-5-15(14)20-16-7-6-13(19)12-17(16)21-18/h21-22,27-30,33-34,36-37,42-45,48-49H,17-20,23-26,63H2,1-16H3,(H,65,80)(H,66,81)(H,67,78)(H,68,79);2-9,14,18,23H,10-13,15-17H2,1H3;2-7,12,20H,8-11H2,1H3/t33-,34-,36+,37+,42-,43-,44+,45+,48+,49+;23-,26-;/m10./s1. The van der Waals surface area contributed by atoms with Crippen LogP contribution in [0.2, 0.25) is 15.1 Å². The van der Waals surface area contributed by atoms with E-state index in [0.717, 1.165) is 102 Å². The van der Waals surface area contributed by atoms with Gasteiger partial charge in [0.1, 0.15) is 96.0 Å². The van der Waals surface area contributed by atoms with Gasteiger partial charge in [0.15, 0.2) is 11.3 Å². The van der Waals surface area contributed by atoms with E-state index in [1.165, 1.54) is 80.7 Å².